The molecule has 4 aromatic carbocycles. The van der Waals surface area contributed by atoms with Crippen LogP contribution in [-0.4, -0.2) is 56.4 Å². The van der Waals surface area contributed by atoms with Crippen LogP contribution in [0.1, 0.15) is 39.7 Å². The molecule has 1 unspecified atom stereocenters. The number of carbonyl (C=O) groups excluding carboxylic acids is 2. The van der Waals surface area contributed by atoms with Crippen molar-refractivity contribution in [2.75, 3.05) is 13.7 Å². The minimum absolute atomic E-state index is 0.0194. The van der Waals surface area contributed by atoms with Gasteiger partial charge in [0.15, 0.2) is 8.32 Å². The zero-order chi connectivity index (χ0) is 36.8. The maximum absolute atomic E-state index is 15.0. The Hall–Kier alpha value is -4.16. The van der Waals surface area contributed by atoms with E-state index in [9.17, 15) is 4.79 Å². The lowest BCUT2D eigenvalue weighted by Crippen LogP contribution is -2.69. The summed E-state index contributed by atoms with van der Waals surface area (Å²) in [4.78, 5) is 31.7. The van der Waals surface area contributed by atoms with Crippen LogP contribution in [0.15, 0.2) is 128 Å². The Morgan fingerprint density at radius 1 is 0.882 bits per heavy atom. The van der Waals surface area contributed by atoms with Gasteiger partial charge in [0.1, 0.15) is 17.8 Å². The van der Waals surface area contributed by atoms with Gasteiger partial charge >= 0.3 is 5.97 Å². The van der Waals surface area contributed by atoms with Crippen molar-refractivity contribution in [1.82, 2.24) is 4.90 Å². The number of carbonyl (C=O) groups is 2. The second kappa shape index (κ2) is 16.0. The summed E-state index contributed by atoms with van der Waals surface area (Å²) >= 11 is 0. The van der Waals surface area contributed by atoms with E-state index in [-0.39, 0.29) is 29.7 Å². The van der Waals surface area contributed by atoms with Crippen LogP contribution in [0.2, 0.25) is 18.1 Å². The lowest BCUT2D eigenvalue weighted by Gasteiger charge is -2.53. The first-order chi connectivity index (χ1) is 24.4. The lowest BCUT2D eigenvalue weighted by molar-refractivity contribution is -0.157. The zero-order valence-electron chi connectivity index (χ0n) is 31.0. The summed E-state index contributed by atoms with van der Waals surface area (Å²) in [5, 5.41) is 2.84. The minimum Gasteiger partial charge on any atom is -0.497 e. The van der Waals surface area contributed by atoms with Crippen LogP contribution < -0.4 is 20.7 Å². The Kier molecular flexibility index (Phi) is 12.0. The normalized spacial score (nSPS) is 16.9. The van der Waals surface area contributed by atoms with Crippen LogP contribution in [-0.2, 0) is 25.2 Å². The number of hydrogen-bond acceptors (Lipinski definition) is 5. The average molecular weight is 722 g/mol. The Morgan fingerprint density at radius 2 is 1.41 bits per heavy atom. The molecule has 3 atom stereocenters. The Bertz CT molecular complexity index is 1770. The molecule has 0 radical (unpaired) electrons. The fourth-order valence-corrected chi connectivity index (χ4v) is 12.7. The molecule has 0 aromatic heterocycles. The van der Waals surface area contributed by atoms with Crippen molar-refractivity contribution in [3.05, 3.63) is 133 Å². The number of ether oxygens (including phenoxy) is 2. The number of β-lactam (4-membered cyclic amide) rings is 1. The van der Waals surface area contributed by atoms with E-state index in [2.05, 4.69) is 82.9 Å². The van der Waals surface area contributed by atoms with Crippen LogP contribution in [0.25, 0.3) is 0 Å². The molecule has 1 aliphatic heterocycles. The quantitative estimate of drug-likeness (QED) is 0.0439. The third kappa shape index (κ3) is 7.72. The molecular formula is C43H52NO5PSi. The summed E-state index contributed by atoms with van der Waals surface area (Å²) in [6.07, 6.45) is 2.51. The summed E-state index contributed by atoms with van der Waals surface area (Å²) in [5.74, 6) is -0.302. The van der Waals surface area contributed by atoms with Gasteiger partial charge in [-0.05, 0) is 71.5 Å². The molecule has 1 fully saturated rings. The number of amides is 1. The first-order valence-electron chi connectivity index (χ1n) is 17.7. The first-order valence-corrected chi connectivity index (χ1v) is 22.4. The number of methoxy groups -OCH3 is 1. The molecule has 0 N–H and O–H groups in total. The average Bonchev–Trinajstić information content (AvgIpc) is 3.12. The largest absolute Gasteiger partial charge is 0.497 e. The Balaban J connectivity index is 1.80. The number of rotatable bonds is 14. The first kappa shape index (κ1) is 38.1. The molecule has 1 heterocycles. The summed E-state index contributed by atoms with van der Waals surface area (Å²) in [7, 11) is -0.580. The number of aryl methyl sites for hydroxylation is 1. The van der Waals surface area contributed by atoms with Gasteiger partial charge in [-0.3, -0.25) is 4.79 Å². The van der Waals surface area contributed by atoms with Crippen molar-refractivity contribution in [3.63, 3.8) is 0 Å². The molecule has 51 heavy (non-hydrogen) atoms. The van der Waals surface area contributed by atoms with E-state index in [1.165, 1.54) is 0 Å². The minimum atomic E-state index is -3.03. The molecular weight excluding hydrogens is 670 g/mol. The van der Waals surface area contributed by atoms with Crippen LogP contribution in [0.5, 0.6) is 5.75 Å². The van der Waals surface area contributed by atoms with Crippen molar-refractivity contribution in [2.45, 2.75) is 70.8 Å². The summed E-state index contributed by atoms with van der Waals surface area (Å²) < 4.78 is 18.5. The monoisotopic (exact) mass is 721 g/mol. The fourth-order valence-electron chi connectivity index (χ4n) is 6.87. The number of benzene rings is 4. The number of likely N-dealkylation sites (tertiary alicyclic amines) is 1. The standard InChI is InChI=1S/C43H52NO5PSi/c1-9-30-48-42(46)41(50(35-22-13-10-14-23-35,36-24-15-11-16-25-36)37-26-17-12-18-27-37)44-38(29-28-33-20-19-21-34(31-33)47-6)39(40(44)45)32(2)49-51(7,8)43(3,4)5/h9-27,31-32,38-39H,1,28-30H2,2-8H3/t32?,38-,39-/m1/s1. The van der Waals surface area contributed by atoms with Gasteiger partial charge in [-0.2, -0.15) is 0 Å². The second-order valence-electron chi connectivity index (χ2n) is 14.7. The molecule has 0 aliphatic carbocycles. The third-order valence-corrected chi connectivity index (χ3v) is 19.2. The van der Waals surface area contributed by atoms with Crippen LogP contribution >= 0.6 is 6.89 Å². The number of hydrogen-bond donors (Lipinski definition) is 0. The van der Waals surface area contributed by atoms with Crippen molar-refractivity contribution in [1.29, 1.82) is 0 Å². The molecule has 4 aromatic rings. The van der Waals surface area contributed by atoms with E-state index in [4.69, 9.17) is 13.9 Å². The van der Waals surface area contributed by atoms with Gasteiger partial charge in [-0.15, -0.1) is 0 Å². The van der Waals surface area contributed by atoms with Crippen molar-refractivity contribution < 1.29 is 23.5 Å². The van der Waals surface area contributed by atoms with E-state index < -0.39 is 27.1 Å². The van der Waals surface area contributed by atoms with E-state index >= 15 is 4.79 Å². The van der Waals surface area contributed by atoms with Gasteiger partial charge in [-0.1, -0.05) is 137 Å². The molecule has 1 aliphatic rings. The van der Waals surface area contributed by atoms with E-state index in [1.54, 1.807) is 18.1 Å². The predicted molar refractivity (Wildman–Crippen MR) is 214 cm³/mol. The van der Waals surface area contributed by atoms with Crippen molar-refractivity contribution in [3.8, 4) is 5.75 Å². The van der Waals surface area contributed by atoms with Gasteiger partial charge < -0.3 is 18.8 Å². The van der Waals surface area contributed by atoms with Gasteiger partial charge in [0, 0.05) is 6.89 Å². The Labute approximate surface area is 305 Å². The zero-order valence-corrected chi connectivity index (χ0v) is 32.9. The fraction of sp³-hybridized carbons (Fsp3) is 0.326. The molecule has 0 saturated carbocycles. The number of nitrogens with zero attached hydrogens (tertiary/aromatic N) is 1. The topological polar surface area (TPSA) is 65.1 Å². The molecule has 0 spiro atoms. The molecule has 6 nitrogen and oxygen atoms in total. The van der Waals surface area contributed by atoms with E-state index in [0.29, 0.717) is 18.3 Å². The highest BCUT2D eigenvalue weighted by Crippen LogP contribution is 2.50. The summed E-state index contributed by atoms with van der Waals surface area (Å²) in [6.45, 7) is 13.9. The van der Waals surface area contributed by atoms with Crippen molar-refractivity contribution in [2.24, 2.45) is 5.92 Å². The van der Waals surface area contributed by atoms with Crippen LogP contribution in [0.4, 0.5) is 0 Å². The molecule has 8 heteroatoms. The van der Waals surface area contributed by atoms with Gasteiger partial charge in [-0.25, -0.2) is 4.79 Å². The highest BCUT2D eigenvalue weighted by molar-refractivity contribution is 7.96. The van der Waals surface area contributed by atoms with Crippen LogP contribution in [0.3, 0.4) is 0 Å². The second-order valence-corrected chi connectivity index (χ2v) is 22.7. The Morgan fingerprint density at radius 3 is 1.88 bits per heavy atom. The smallest absolute Gasteiger partial charge is 0.356 e. The van der Waals surface area contributed by atoms with Crippen molar-refractivity contribution >= 4 is 48.4 Å². The highest BCUT2D eigenvalue weighted by atomic mass is 31.2. The maximum atomic E-state index is 15.0. The molecule has 5 rings (SSSR count). The van der Waals surface area contributed by atoms with Crippen LogP contribution in [0, 0.1) is 5.92 Å². The molecule has 0 bridgehead atoms. The number of esters is 1. The highest BCUT2D eigenvalue weighted by Gasteiger charge is 2.56. The third-order valence-electron chi connectivity index (χ3n) is 10.4. The summed E-state index contributed by atoms with van der Waals surface area (Å²) in [5.41, 5.74) is 1.47. The van der Waals surface area contributed by atoms with Gasteiger partial charge in [0.25, 0.3) is 0 Å². The lowest BCUT2D eigenvalue weighted by atomic mass is 9.80. The SMILES string of the molecule is C=CCOC(=O)C(N1C(=O)[C@H](C(C)O[Si](C)(C)C(C)(C)C)[C@H]1CCc1cccc(OC)c1)=P(c1ccccc1)(c1ccccc1)c1ccccc1. The van der Waals surface area contributed by atoms with E-state index in [0.717, 1.165) is 27.2 Å². The molecule has 268 valence electrons. The van der Waals surface area contributed by atoms with Gasteiger partial charge in [0.2, 0.25) is 5.91 Å². The predicted octanol–water partition coefficient (Wildman–Crippen LogP) is 7.72. The molecule has 1 saturated heterocycles. The summed E-state index contributed by atoms with van der Waals surface area (Å²) in [6, 6.07) is 38.1. The van der Waals surface area contributed by atoms with E-state index in [1.807, 2.05) is 79.7 Å². The van der Waals surface area contributed by atoms with Gasteiger partial charge in [0.05, 0.1) is 25.2 Å². The maximum Gasteiger partial charge on any atom is 0.356 e. The molecule has 1 amide bonds.